The summed E-state index contributed by atoms with van der Waals surface area (Å²) in [5, 5.41) is 12.1. The van der Waals surface area contributed by atoms with E-state index in [4.69, 9.17) is 9.47 Å². The topological polar surface area (TPSA) is 80.7 Å². The first-order chi connectivity index (χ1) is 9.40. The minimum Gasteiger partial charge on any atom is -0.485 e. The average Bonchev–Trinajstić information content (AvgIpc) is 2.72. The van der Waals surface area contributed by atoms with Crippen molar-refractivity contribution in [3.05, 3.63) is 24.0 Å². The Morgan fingerprint density at radius 3 is 2.95 bits per heavy atom. The number of aromatic nitrogens is 1. The summed E-state index contributed by atoms with van der Waals surface area (Å²) in [5.74, 6) is 0.478. The number of ether oxygens (including phenoxy) is 2. The lowest BCUT2D eigenvalue weighted by molar-refractivity contribution is 0.0509. The number of fused-ring (bicyclic) bond motifs is 1. The molecule has 0 unspecified atom stereocenters. The lowest BCUT2D eigenvalue weighted by Gasteiger charge is -2.21. The molecule has 6 heteroatoms. The van der Waals surface area contributed by atoms with Crippen LogP contribution >= 0.6 is 0 Å². The average molecular weight is 280 g/mol. The molecule has 0 bridgehead atoms. The molecule has 0 fully saturated rings. The summed E-state index contributed by atoms with van der Waals surface area (Å²) in [6.07, 6.45) is 0.788. The van der Waals surface area contributed by atoms with Crippen LogP contribution in [-0.4, -0.2) is 41.0 Å². The number of carbonyl (C=O) groups excluding carboxylic acids is 1. The normalized spacial score (nSPS) is 21.0. The van der Waals surface area contributed by atoms with Crippen molar-refractivity contribution in [3.63, 3.8) is 0 Å². The van der Waals surface area contributed by atoms with Crippen LogP contribution in [0.4, 0.5) is 4.79 Å². The minimum atomic E-state index is -0.539. The molecule has 1 amide bonds. The summed E-state index contributed by atoms with van der Waals surface area (Å²) in [5.41, 5.74) is 0.214. The van der Waals surface area contributed by atoms with E-state index < -0.39 is 17.8 Å². The quantitative estimate of drug-likeness (QED) is 0.875. The number of aliphatic hydroxyl groups excluding tert-OH is 1. The van der Waals surface area contributed by atoms with E-state index in [9.17, 15) is 9.90 Å². The van der Waals surface area contributed by atoms with Crippen LogP contribution in [0.25, 0.3) is 0 Å². The highest BCUT2D eigenvalue weighted by molar-refractivity contribution is 5.67. The maximum atomic E-state index is 11.7. The molecule has 0 aromatic carbocycles. The van der Waals surface area contributed by atoms with Gasteiger partial charge in [-0.3, -0.25) is 4.98 Å². The van der Waals surface area contributed by atoms with E-state index in [0.717, 1.165) is 5.69 Å². The van der Waals surface area contributed by atoms with Gasteiger partial charge in [0.25, 0.3) is 0 Å². The van der Waals surface area contributed by atoms with Gasteiger partial charge in [0, 0.05) is 12.7 Å². The second-order valence-electron chi connectivity index (χ2n) is 5.71. The third kappa shape index (κ3) is 3.39. The Hall–Kier alpha value is -1.82. The molecular formula is C14H20N2O4. The Morgan fingerprint density at radius 1 is 1.55 bits per heavy atom. The Morgan fingerprint density at radius 2 is 2.30 bits per heavy atom. The highest BCUT2D eigenvalue weighted by atomic mass is 16.6. The Labute approximate surface area is 118 Å². The minimum absolute atomic E-state index is 0.128. The van der Waals surface area contributed by atoms with Gasteiger partial charge in [-0.15, -0.1) is 0 Å². The zero-order valence-corrected chi connectivity index (χ0v) is 11.9. The molecule has 0 aliphatic carbocycles. The number of pyridine rings is 1. The standard InChI is InChI=1S/C14H20N2O4/c1-14(2,3)20-13(18)16-7-9-11(8-17)19-10-5-4-6-15-12(9)10/h4-6,9,11,17H,7-8H2,1-3H3,(H,16,18)/t9-,11-/m1/s1. The van der Waals surface area contributed by atoms with Gasteiger partial charge in [-0.2, -0.15) is 0 Å². The molecule has 6 nitrogen and oxygen atoms in total. The zero-order valence-electron chi connectivity index (χ0n) is 11.9. The fraction of sp³-hybridized carbons (Fsp3) is 0.571. The monoisotopic (exact) mass is 280 g/mol. The first-order valence-corrected chi connectivity index (χ1v) is 6.60. The molecule has 0 saturated heterocycles. The van der Waals surface area contributed by atoms with Gasteiger partial charge in [-0.1, -0.05) is 0 Å². The van der Waals surface area contributed by atoms with Crippen LogP contribution < -0.4 is 10.1 Å². The molecule has 0 spiro atoms. The van der Waals surface area contributed by atoms with Gasteiger partial charge in [0.05, 0.1) is 18.2 Å². The molecule has 20 heavy (non-hydrogen) atoms. The van der Waals surface area contributed by atoms with Crippen LogP contribution in [0.1, 0.15) is 32.4 Å². The van der Waals surface area contributed by atoms with Gasteiger partial charge in [0.2, 0.25) is 0 Å². The summed E-state index contributed by atoms with van der Waals surface area (Å²) in [4.78, 5) is 15.9. The number of carbonyl (C=O) groups is 1. The lowest BCUT2D eigenvalue weighted by Crippen LogP contribution is -2.38. The maximum absolute atomic E-state index is 11.7. The van der Waals surface area contributed by atoms with E-state index in [2.05, 4.69) is 10.3 Å². The molecule has 1 aromatic rings. The van der Waals surface area contributed by atoms with Gasteiger partial charge in [0.15, 0.2) is 0 Å². The number of rotatable bonds is 3. The van der Waals surface area contributed by atoms with Crippen LogP contribution in [0.5, 0.6) is 5.75 Å². The molecule has 1 aliphatic rings. The van der Waals surface area contributed by atoms with E-state index in [0.29, 0.717) is 12.3 Å². The molecule has 2 atom stereocenters. The summed E-state index contributed by atoms with van der Waals surface area (Å²) in [6.45, 7) is 5.59. The first kappa shape index (κ1) is 14.6. The smallest absolute Gasteiger partial charge is 0.407 e. The second-order valence-corrected chi connectivity index (χ2v) is 5.71. The van der Waals surface area contributed by atoms with Crippen molar-refractivity contribution in [2.75, 3.05) is 13.2 Å². The molecule has 2 heterocycles. The number of nitrogens with one attached hydrogen (secondary N) is 1. The van der Waals surface area contributed by atoms with E-state index in [-0.39, 0.29) is 12.5 Å². The number of hydrogen-bond acceptors (Lipinski definition) is 5. The number of amides is 1. The number of hydrogen-bond donors (Lipinski definition) is 2. The summed E-state index contributed by atoms with van der Waals surface area (Å²) in [7, 11) is 0. The largest absolute Gasteiger partial charge is 0.485 e. The molecule has 110 valence electrons. The summed E-state index contributed by atoms with van der Waals surface area (Å²) in [6, 6.07) is 3.58. The van der Waals surface area contributed by atoms with E-state index in [1.54, 1.807) is 39.1 Å². The van der Waals surface area contributed by atoms with Gasteiger partial charge in [-0.25, -0.2) is 4.79 Å². The Balaban J connectivity index is 1.99. The number of alkyl carbamates (subject to hydrolysis) is 1. The predicted molar refractivity (Wildman–Crippen MR) is 72.7 cm³/mol. The van der Waals surface area contributed by atoms with Crippen molar-refractivity contribution in [2.24, 2.45) is 0 Å². The second kappa shape index (κ2) is 5.66. The lowest BCUT2D eigenvalue weighted by atomic mass is 10.0. The van der Waals surface area contributed by atoms with Crippen molar-refractivity contribution < 1.29 is 19.4 Å². The third-order valence-corrected chi connectivity index (χ3v) is 2.92. The fourth-order valence-electron chi connectivity index (χ4n) is 2.10. The van der Waals surface area contributed by atoms with Crippen molar-refractivity contribution >= 4 is 6.09 Å². The number of nitrogens with zero attached hydrogens (tertiary/aromatic N) is 1. The van der Waals surface area contributed by atoms with Gasteiger partial charge < -0.3 is 19.9 Å². The highest BCUT2D eigenvalue weighted by Gasteiger charge is 2.35. The van der Waals surface area contributed by atoms with Crippen molar-refractivity contribution in [1.82, 2.24) is 10.3 Å². The fourth-order valence-corrected chi connectivity index (χ4v) is 2.10. The van der Waals surface area contributed by atoms with Gasteiger partial charge in [-0.05, 0) is 32.9 Å². The molecule has 2 N–H and O–H groups in total. The van der Waals surface area contributed by atoms with Crippen LogP contribution in [-0.2, 0) is 4.74 Å². The predicted octanol–water partition coefficient (Wildman–Crippen LogP) is 1.44. The summed E-state index contributed by atoms with van der Waals surface area (Å²) >= 11 is 0. The molecule has 2 rings (SSSR count). The van der Waals surface area contributed by atoms with Crippen LogP contribution in [0, 0.1) is 0 Å². The van der Waals surface area contributed by atoms with Crippen molar-refractivity contribution in [3.8, 4) is 5.75 Å². The van der Waals surface area contributed by atoms with Gasteiger partial charge in [0.1, 0.15) is 17.5 Å². The van der Waals surface area contributed by atoms with E-state index >= 15 is 0 Å². The molecule has 1 aromatic heterocycles. The van der Waals surface area contributed by atoms with Crippen LogP contribution in [0.15, 0.2) is 18.3 Å². The van der Waals surface area contributed by atoms with Crippen LogP contribution in [0.2, 0.25) is 0 Å². The molecule has 0 saturated carbocycles. The van der Waals surface area contributed by atoms with Crippen molar-refractivity contribution in [2.45, 2.75) is 38.4 Å². The SMILES string of the molecule is CC(C)(C)OC(=O)NC[C@H]1c2ncccc2O[C@@H]1CO. The van der Waals surface area contributed by atoms with E-state index in [1.807, 2.05) is 0 Å². The molecular weight excluding hydrogens is 260 g/mol. The zero-order chi connectivity index (χ0) is 14.8. The first-order valence-electron chi connectivity index (χ1n) is 6.60. The highest BCUT2D eigenvalue weighted by Crippen LogP contribution is 2.35. The summed E-state index contributed by atoms with van der Waals surface area (Å²) < 4.78 is 10.8. The Bertz CT molecular complexity index is 484. The van der Waals surface area contributed by atoms with Crippen molar-refractivity contribution in [1.29, 1.82) is 0 Å². The number of aliphatic hydroxyl groups is 1. The van der Waals surface area contributed by atoms with Gasteiger partial charge >= 0.3 is 6.09 Å². The maximum Gasteiger partial charge on any atom is 0.407 e. The van der Waals surface area contributed by atoms with E-state index in [1.165, 1.54) is 0 Å². The molecule has 1 aliphatic heterocycles. The third-order valence-electron chi connectivity index (χ3n) is 2.92. The van der Waals surface area contributed by atoms with Crippen LogP contribution in [0.3, 0.4) is 0 Å². The molecule has 0 radical (unpaired) electrons. The Kier molecular flexibility index (Phi) is 4.13.